The van der Waals surface area contributed by atoms with Crippen LogP contribution in [0, 0.1) is 5.82 Å². The number of amides is 1. The number of carbonyl (C=O) groups is 1. The van der Waals surface area contributed by atoms with Gasteiger partial charge in [0.1, 0.15) is 12.4 Å². The van der Waals surface area contributed by atoms with Crippen molar-refractivity contribution in [3.05, 3.63) is 82.6 Å². The van der Waals surface area contributed by atoms with Crippen molar-refractivity contribution in [1.29, 1.82) is 0 Å². The van der Waals surface area contributed by atoms with Crippen molar-refractivity contribution in [2.45, 2.75) is 9.79 Å². The van der Waals surface area contributed by atoms with Crippen LogP contribution in [0.3, 0.4) is 0 Å². The second kappa shape index (κ2) is 9.91. The van der Waals surface area contributed by atoms with Gasteiger partial charge in [-0.25, -0.2) is 12.8 Å². The van der Waals surface area contributed by atoms with E-state index in [4.69, 9.17) is 23.2 Å². The number of hydrogen-bond acceptors (Lipinski definition) is 4. The van der Waals surface area contributed by atoms with Gasteiger partial charge < -0.3 is 5.32 Å². The first-order chi connectivity index (χ1) is 14.7. The molecule has 0 radical (unpaired) electrons. The smallest absolute Gasteiger partial charge is 0.264 e. The number of rotatable bonds is 7. The number of hydrogen-bond donors (Lipinski definition) is 1. The second-order valence-corrected chi connectivity index (χ2v) is 9.84. The molecule has 10 heteroatoms. The Hall–Kier alpha value is -2.26. The summed E-state index contributed by atoms with van der Waals surface area (Å²) < 4.78 is 41.3. The molecule has 5 nitrogen and oxygen atoms in total. The minimum absolute atomic E-state index is 0.0151. The number of halogens is 3. The van der Waals surface area contributed by atoms with Crippen LogP contribution in [0.15, 0.2) is 76.5 Å². The molecule has 31 heavy (non-hydrogen) atoms. The molecule has 0 bridgehead atoms. The van der Waals surface area contributed by atoms with E-state index in [-0.39, 0.29) is 26.3 Å². The minimum atomic E-state index is -4.16. The maximum Gasteiger partial charge on any atom is 0.264 e. The average Bonchev–Trinajstić information content (AvgIpc) is 2.75. The highest BCUT2D eigenvalue weighted by atomic mass is 35.5. The maximum atomic E-state index is 13.8. The van der Waals surface area contributed by atoms with Crippen LogP contribution in [-0.2, 0) is 14.8 Å². The van der Waals surface area contributed by atoms with E-state index in [1.807, 2.05) is 6.26 Å². The van der Waals surface area contributed by atoms with Crippen molar-refractivity contribution in [3.63, 3.8) is 0 Å². The molecular weight excluding hydrogens is 482 g/mol. The summed E-state index contributed by atoms with van der Waals surface area (Å²) in [5, 5.41) is 2.92. The molecule has 0 fully saturated rings. The van der Waals surface area contributed by atoms with E-state index in [9.17, 15) is 17.6 Å². The van der Waals surface area contributed by atoms with Crippen LogP contribution < -0.4 is 9.62 Å². The topological polar surface area (TPSA) is 66.5 Å². The first kappa shape index (κ1) is 23.4. The first-order valence-corrected chi connectivity index (χ1v) is 12.3. The Morgan fingerprint density at radius 1 is 1.06 bits per heavy atom. The number of nitrogens with zero attached hydrogens (tertiary/aromatic N) is 1. The van der Waals surface area contributed by atoms with Gasteiger partial charge in [-0.05, 0) is 60.9 Å². The van der Waals surface area contributed by atoms with E-state index in [2.05, 4.69) is 5.32 Å². The van der Waals surface area contributed by atoms with Crippen molar-refractivity contribution in [2.24, 2.45) is 0 Å². The summed E-state index contributed by atoms with van der Waals surface area (Å²) in [6.45, 7) is -0.598. The molecule has 0 saturated heterocycles. The van der Waals surface area contributed by atoms with Crippen molar-refractivity contribution in [3.8, 4) is 0 Å². The molecule has 0 atom stereocenters. The monoisotopic (exact) mass is 498 g/mol. The fraction of sp³-hybridized carbons (Fsp3) is 0.0952. The maximum absolute atomic E-state index is 13.8. The van der Waals surface area contributed by atoms with E-state index in [0.29, 0.717) is 0 Å². The molecule has 0 aliphatic carbocycles. The zero-order valence-electron chi connectivity index (χ0n) is 16.2. The Morgan fingerprint density at radius 3 is 2.39 bits per heavy atom. The van der Waals surface area contributed by atoms with Gasteiger partial charge in [-0.2, -0.15) is 0 Å². The Kier molecular flexibility index (Phi) is 7.48. The first-order valence-electron chi connectivity index (χ1n) is 8.88. The predicted molar refractivity (Wildman–Crippen MR) is 124 cm³/mol. The van der Waals surface area contributed by atoms with Gasteiger partial charge in [0.25, 0.3) is 10.0 Å². The van der Waals surface area contributed by atoms with E-state index in [1.165, 1.54) is 48.2 Å². The summed E-state index contributed by atoms with van der Waals surface area (Å²) in [4.78, 5) is 13.6. The van der Waals surface area contributed by atoms with Gasteiger partial charge in [0.05, 0.1) is 26.3 Å². The number of nitrogens with one attached hydrogen (secondary N) is 1. The molecular formula is C21H17Cl2FN2O3S2. The lowest BCUT2D eigenvalue weighted by Gasteiger charge is -2.24. The third-order valence-corrected chi connectivity index (χ3v) is 7.61. The fourth-order valence-corrected chi connectivity index (χ4v) is 4.91. The van der Waals surface area contributed by atoms with Crippen LogP contribution >= 0.6 is 35.0 Å². The molecule has 0 aromatic heterocycles. The summed E-state index contributed by atoms with van der Waals surface area (Å²) in [5.74, 6) is -1.30. The van der Waals surface area contributed by atoms with Gasteiger partial charge in [-0.15, -0.1) is 11.8 Å². The highest BCUT2D eigenvalue weighted by Gasteiger charge is 2.28. The molecule has 0 spiro atoms. The second-order valence-electron chi connectivity index (χ2n) is 6.32. The zero-order valence-corrected chi connectivity index (χ0v) is 19.3. The van der Waals surface area contributed by atoms with Crippen molar-refractivity contribution < 1.29 is 17.6 Å². The van der Waals surface area contributed by atoms with E-state index in [1.54, 1.807) is 24.3 Å². The van der Waals surface area contributed by atoms with E-state index >= 15 is 0 Å². The molecule has 0 aliphatic rings. The Bertz CT molecular complexity index is 1210. The molecule has 0 saturated carbocycles. The lowest BCUT2D eigenvalue weighted by molar-refractivity contribution is -0.114. The zero-order chi connectivity index (χ0) is 22.6. The van der Waals surface area contributed by atoms with Crippen LogP contribution in [0.4, 0.5) is 15.8 Å². The molecule has 1 amide bonds. The predicted octanol–water partition coefficient (Wildman–Crippen LogP) is 5.69. The summed E-state index contributed by atoms with van der Waals surface area (Å²) in [6.07, 6.45) is 1.87. The highest BCUT2D eigenvalue weighted by molar-refractivity contribution is 7.98. The van der Waals surface area contributed by atoms with Gasteiger partial charge in [0.2, 0.25) is 5.91 Å². The van der Waals surface area contributed by atoms with Gasteiger partial charge in [0.15, 0.2) is 0 Å². The van der Waals surface area contributed by atoms with Gasteiger partial charge >= 0.3 is 0 Å². The Labute approximate surface area is 194 Å². The molecule has 0 heterocycles. The summed E-state index contributed by atoms with van der Waals surface area (Å²) >= 11 is 13.5. The quantitative estimate of drug-likeness (QED) is 0.425. The fourth-order valence-electron chi connectivity index (χ4n) is 2.74. The number of sulfonamides is 1. The Balaban J connectivity index is 1.96. The highest BCUT2D eigenvalue weighted by Crippen LogP contribution is 2.30. The van der Waals surface area contributed by atoms with Gasteiger partial charge in [-0.1, -0.05) is 35.3 Å². The lowest BCUT2D eigenvalue weighted by Crippen LogP contribution is -2.38. The molecule has 162 valence electrons. The molecule has 3 aromatic rings. The third-order valence-electron chi connectivity index (χ3n) is 4.26. The summed E-state index contributed by atoms with van der Waals surface area (Å²) in [7, 11) is -4.16. The van der Waals surface area contributed by atoms with Crippen LogP contribution in [0.2, 0.25) is 10.0 Å². The normalized spacial score (nSPS) is 11.2. The average molecular weight is 499 g/mol. The van der Waals surface area contributed by atoms with E-state index in [0.717, 1.165) is 15.3 Å². The van der Waals surface area contributed by atoms with Crippen molar-refractivity contribution >= 4 is 62.3 Å². The van der Waals surface area contributed by atoms with Crippen molar-refractivity contribution in [2.75, 3.05) is 22.4 Å². The standard InChI is InChI=1S/C21H17Cl2FN2O3S2/c1-30-16-8-10-17(11-9-16)31(28,29)26(15-5-2-4-14(24)12-15)13-20(27)25-19-7-3-6-18(22)21(19)23/h2-12H,13H2,1H3,(H,25,27). The van der Waals surface area contributed by atoms with Crippen LogP contribution in [-0.4, -0.2) is 27.1 Å². The van der Waals surface area contributed by atoms with Crippen LogP contribution in [0.5, 0.6) is 0 Å². The number of benzene rings is 3. The molecule has 3 aromatic carbocycles. The number of thioether (sulfide) groups is 1. The van der Waals surface area contributed by atoms with Gasteiger partial charge in [-0.3, -0.25) is 9.10 Å². The van der Waals surface area contributed by atoms with Crippen molar-refractivity contribution in [1.82, 2.24) is 0 Å². The molecule has 1 N–H and O–H groups in total. The Morgan fingerprint density at radius 2 is 1.74 bits per heavy atom. The van der Waals surface area contributed by atoms with E-state index < -0.39 is 28.3 Å². The SMILES string of the molecule is CSc1ccc(S(=O)(=O)N(CC(=O)Nc2cccc(Cl)c2Cl)c2cccc(F)c2)cc1. The lowest BCUT2D eigenvalue weighted by atomic mass is 10.3. The summed E-state index contributed by atoms with van der Waals surface area (Å²) in [6, 6.07) is 15.9. The number of carbonyl (C=O) groups excluding carboxylic acids is 1. The summed E-state index contributed by atoms with van der Waals surface area (Å²) in [5.41, 5.74) is 0.251. The molecule has 0 aliphatic heterocycles. The molecule has 3 rings (SSSR count). The van der Waals surface area contributed by atoms with Gasteiger partial charge in [0, 0.05) is 4.90 Å². The van der Waals surface area contributed by atoms with Crippen LogP contribution in [0.25, 0.3) is 0 Å². The largest absolute Gasteiger partial charge is 0.323 e. The van der Waals surface area contributed by atoms with Crippen LogP contribution in [0.1, 0.15) is 0 Å². The minimum Gasteiger partial charge on any atom is -0.323 e. The molecule has 0 unspecified atom stereocenters. The number of anilines is 2. The third kappa shape index (κ3) is 5.51.